The molecule has 0 aliphatic carbocycles. The first-order valence-corrected chi connectivity index (χ1v) is 9.04. The summed E-state index contributed by atoms with van der Waals surface area (Å²) < 4.78 is 19.2. The zero-order chi connectivity index (χ0) is 18.7. The smallest absolute Gasteiger partial charge is 0.245 e. The SMILES string of the molecule is CC(=O)N1C[C@@H](O)C[C@@H]1C(=O)N(Cc1cccc(F)c1)CC1CCCO1. The van der Waals surface area contributed by atoms with Gasteiger partial charge < -0.3 is 19.6 Å². The fraction of sp³-hybridized carbons (Fsp3) is 0.579. The predicted molar refractivity (Wildman–Crippen MR) is 92.6 cm³/mol. The van der Waals surface area contributed by atoms with Crippen LogP contribution in [0.2, 0.25) is 0 Å². The van der Waals surface area contributed by atoms with Gasteiger partial charge >= 0.3 is 0 Å². The fourth-order valence-electron chi connectivity index (χ4n) is 3.73. The Balaban J connectivity index is 1.79. The van der Waals surface area contributed by atoms with Gasteiger partial charge in [-0.25, -0.2) is 4.39 Å². The molecule has 2 fully saturated rings. The highest BCUT2D eigenvalue weighted by atomic mass is 19.1. The van der Waals surface area contributed by atoms with Gasteiger partial charge in [0.1, 0.15) is 11.9 Å². The summed E-state index contributed by atoms with van der Waals surface area (Å²) >= 11 is 0. The van der Waals surface area contributed by atoms with Crippen molar-refractivity contribution in [3.63, 3.8) is 0 Å². The van der Waals surface area contributed by atoms with Crippen LogP contribution in [0.3, 0.4) is 0 Å². The van der Waals surface area contributed by atoms with Crippen LogP contribution in [0.25, 0.3) is 0 Å². The summed E-state index contributed by atoms with van der Waals surface area (Å²) in [5, 5.41) is 9.92. The van der Waals surface area contributed by atoms with E-state index in [0.717, 1.165) is 12.8 Å². The third kappa shape index (κ3) is 4.40. The number of carbonyl (C=O) groups is 2. The quantitative estimate of drug-likeness (QED) is 0.855. The van der Waals surface area contributed by atoms with E-state index in [9.17, 15) is 19.1 Å². The van der Waals surface area contributed by atoms with Crippen LogP contribution in [0, 0.1) is 5.82 Å². The van der Waals surface area contributed by atoms with Gasteiger partial charge in [-0.05, 0) is 30.5 Å². The molecule has 1 unspecified atom stereocenters. The van der Waals surface area contributed by atoms with E-state index in [0.29, 0.717) is 18.7 Å². The Labute approximate surface area is 152 Å². The molecule has 0 radical (unpaired) electrons. The van der Waals surface area contributed by atoms with Crippen molar-refractivity contribution in [3.8, 4) is 0 Å². The number of rotatable bonds is 5. The van der Waals surface area contributed by atoms with Gasteiger partial charge in [0, 0.05) is 39.6 Å². The van der Waals surface area contributed by atoms with Gasteiger partial charge in [-0.3, -0.25) is 9.59 Å². The van der Waals surface area contributed by atoms with Crippen molar-refractivity contribution >= 4 is 11.8 Å². The van der Waals surface area contributed by atoms with Crippen molar-refractivity contribution in [2.24, 2.45) is 0 Å². The van der Waals surface area contributed by atoms with Gasteiger partial charge in [0.05, 0.1) is 12.2 Å². The van der Waals surface area contributed by atoms with Gasteiger partial charge in [0.15, 0.2) is 0 Å². The number of ether oxygens (including phenoxy) is 1. The number of benzene rings is 1. The number of nitrogens with zero attached hydrogens (tertiary/aromatic N) is 2. The predicted octanol–water partition coefficient (Wildman–Crippen LogP) is 1.31. The molecule has 0 bridgehead atoms. The molecule has 142 valence electrons. The van der Waals surface area contributed by atoms with Crippen LogP contribution in [-0.2, 0) is 20.9 Å². The molecule has 2 amide bonds. The van der Waals surface area contributed by atoms with Crippen LogP contribution in [0.4, 0.5) is 4.39 Å². The third-order valence-corrected chi connectivity index (χ3v) is 4.99. The summed E-state index contributed by atoms with van der Waals surface area (Å²) in [6.45, 7) is 2.88. The van der Waals surface area contributed by atoms with Crippen LogP contribution >= 0.6 is 0 Å². The minimum atomic E-state index is -0.702. The molecule has 2 heterocycles. The summed E-state index contributed by atoms with van der Waals surface area (Å²) in [6, 6.07) is 5.46. The molecule has 1 N–H and O–H groups in total. The summed E-state index contributed by atoms with van der Waals surface area (Å²) in [5.74, 6) is -0.812. The average molecular weight is 364 g/mol. The minimum absolute atomic E-state index is 0.0513. The van der Waals surface area contributed by atoms with Gasteiger partial charge in [-0.1, -0.05) is 12.1 Å². The largest absolute Gasteiger partial charge is 0.391 e. The number of aliphatic hydroxyl groups is 1. The third-order valence-electron chi connectivity index (χ3n) is 4.99. The Hall–Kier alpha value is -1.99. The zero-order valence-corrected chi connectivity index (χ0v) is 14.9. The lowest BCUT2D eigenvalue weighted by Gasteiger charge is -2.31. The maximum Gasteiger partial charge on any atom is 0.245 e. The molecule has 2 saturated heterocycles. The number of carbonyl (C=O) groups excluding carboxylic acids is 2. The summed E-state index contributed by atoms with van der Waals surface area (Å²) in [6.07, 6.45) is 1.30. The monoisotopic (exact) mass is 364 g/mol. The molecule has 3 atom stereocenters. The Kier molecular flexibility index (Phi) is 5.88. The van der Waals surface area contributed by atoms with E-state index in [-0.39, 0.29) is 43.2 Å². The van der Waals surface area contributed by atoms with Crippen molar-refractivity contribution in [1.82, 2.24) is 9.80 Å². The van der Waals surface area contributed by atoms with Crippen LogP contribution in [0.15, 0.2) is 24.3 Å². The van der Waals surface area contributed by atoms with Gasteiger partial charge in [0.2, 0.25) is 11.8 Å². The molecule has 0 spiro atoms. The number of likely N-dealkylation sites (tertiary alicyclic amines) is 1. The highest BCUT2D eigenvalue weighted by Crippen LogP contribution is 2.23. The number of β-amino-alcohol motifs (C(OH)–C–C–N with tert-alkyl or cyclic N) is 1. The van der Waals surface area contributed by atoms with E-state index in [1.807, 2.05) is 0 Å². The summed E-state index contributed by atoms with van der Waals surface area (Å²) in [7, 11) is 0. The number of hydrogen-bond acceptors (Lipinski definition) is 4. The maximum atomic E-state index is 13.5. The van der Waals surface area contributed by atoms with Crippen molar-refractivity contribution < 1.29 is 23.8 Å². The highest BCUT2D eigenvalue weighted by Gasteiger charge is 2.40. The summed E-state index contributed by atoms with van der Waals surface area (Å²) in [4.78, 5) is 28.0. The standard InChI is InChI=1S/C19H25FN2O4/c1-13(23)22-11-16(24)9-18(22)19(25)21(12-17-6-3-7-26-17)10-14-4-2-5-15(20)8-14/h2,4-5,8,16-18,24H,3,6-7,9-12H2,1H3/t16-,17?,18+/m0/s1. The maximum absolute atomic E-state index is 13.5. The van der Waals surface area contributed by atoms with Crippen LogP contribution in [0.1, 0.15) is 31.7 Å². The molecule has 1 aromatic rings. The Morgan fingerprint density at radius 2 is 2.23 bits per heavy atom. The lowest BCUT2D eigenvalue weighted by atomic mass is 10.1. The molecule has 0 aromatic heterocycles. The van der Waals surface area contributed by atoms with E-state index in [2.05, 4.69) is 0 Å². The van der Waals surface area contributed by atoms with Crippen molar-refractivity contribution in [2.75, 3.05) is 19.7 Å². The van der Waals surface area contributed by atoms with Gasteiger partial charge in [-0.15, -0.1) is 0 Å². The van der Waals surface area contributed by atoms with Gasteiger partial charge in [0.25, 0.3) is 0 Å². The Morgan fingerprint density at radius 1 is 1.42 bits per heavy atom. The number of hydrogen-bond donors (Lipinski definition) is 1. The van der Waals surface area contributed by atoms with Crippen molar-refractivity contribution in [3.05, 3.63) is 35.6 Å². The van der Waals surface area contributed by atoms with Gasteiger partial charge in [-0.2, -0.15) is 0 Å². The van der Waals surface area contributed by atoms with Crippen LogP contribution < -0.4 is 0 Å². The molecule has 6 nitrogen and oxygen atoms in total. The number of amides is 2. The summed E-state index contributed by atoms with van der Waals surface area (Å²) in [5.41, 5.74) is 0.685. The Morgan fingerprint density at radius 3 is 2.88 bits per heavy atom. The molecular weight excluding hydrogens is 339 g/mol. The zero-order valence-electron chi connectivity index (χ0n) is 14.9. The van der Waals surface area contributed by atoms with E-state index in [4.69, 9.17) is 4.74 Å². The fourth-order valence-corrected chi connectivity index (χ4v) is 3.73. The lowest BCUT2D eigenvalue weighted by Crippen LogP contribution is -2.48. The molecule has 2 aliphatic rings. The lowest BCUT2D eigenvalue weighted by molar-refractivity contribution is -0.144. The first-order chi connectivity index (χ1) is 12.4. The van der Waals surface area contributed by atoms with Crippen molar-refractivity contribution in [1.29, 1.82) is 0 Å². The normalized spacial score (nSPS) is 25.5. The number of halogens is 1. The minimum Gasteiger partial charge on any atom is -0.391 e. The second-order valence-corrected chi connectivity index (χ2v) is 7.06. The molecular formula is C19H25FN2O4. The second-order valence-electron chi connectivity index (χ2n) is 7.06. The van der Waals surface area contributed by atoms with Crippen molar-refractivity contribution in [2.45, 2.75) is 51.0 Å². The molecule has 3 rings (SSSR count). The topological polar surface area (TPSA) is 70.1 Å². The van der Waals surface area contributed by atoms with E-state index < -0.39 is 12.1 Å². The average Bonchev–Trinajstić information content (AvgIpc) is 3.23. The highest BCUT2D eigenvalue weighted by molar-refractivity contribution is 5.87. The molecule has 1 aromatic carbocycles. The molecule has 0 saturated carbocycles. The van der Waals surface area contributed by atoms with E-state index in [1.54, 1.807) is 17.0 Å². The van der Waals surface area contributed by atoms with Crippen LogP contribution in [0.5, 0.6) is 0 Å². The molecule has 26 heavy (non-hydrogen) atoms. The van der Waals surface area contributed by atoms with E-state index in [1.165, 1.54) is 24.0 Å². The van der Waals surface area contributed by atoms with E-state index >= 15 is 0 Å². The molecule has 7 heteroatoms. The second kappa shape index (κ2) is 8.14. The Bertz CT molecular complexity index is 663. The first kappa shape index (κ1) is 18.8. The molecule has 2 aliphatic heterocycles. The number of aliphatic hydroxyl groups excluding tert-OH is 1. The van der Waals surface area contributed by atoms with Crippen LogP contribution in [-0.4, -0.2) is 64.7 Å². The first-order valence-electron chi connectivity index (χ1n) is 9.04.